The minimum atomic E-state index is -4.42. The van der Waals surface area contributed by atoms with Gasteiger partial charge in [0.25, 0.3) is 5.91 Å². The molecule has 1 aromatic rings. The van der Waals surface area contributed by atoms with Gasteiger partial charge in [-0.05, 0) is 30.7 Å². The molecule has 5 nitrogen and oxygen atoms in total. The van der Waals surface area contributed by atoms with E-state index in [0.29, 0.717) is 6.42 Å². The maximum Gasteiger partial charge on any atom is 0.422 e. The van der Waals surface area contributed by atoms with Crippen LogP contribution in [0.25, 0.3) is 0 Å². The Morgan fingerprint density at radius 2 is 1.82 bits per heavy atom. The third-order valence-corrected chi connectivity index (χ3v) is 2.73. The van der Waals surface area contributed by atoms with Crippen molar-refractivity contribution in [2.45, 2.75) is 19.0 Å². The zero-order valence-corrected chi connectivity index (χ0v) is 11.9. The number of carbonyl (C=O) groups excluding carboxylic acids is 1. The number of aliphatic carboxylic acids is 1. The Morgan fingerprint density at radius 1 is 1.23 bits per heavy atom. The highest BCUT2D eigenvalue weighted by Crippen LogP contribution is 2.19. The summed E-state index contributed by atoms with van der Waals surface area (Å²) in [5.74, 6) is -1.26. The first-order chi connectivity index (χ1) is 10.2. The molecule has 0 radical (unpaired) electrons. The fraction of sp³-hybridized carbons (Fsp3) is 0.429. The fourth-order valence-electron chi connectivity index (χ4n) is 1.65. The van der Waals surface area contributed by atoms with Gasteiger partial charge < -0.3 is 14.7 Å². The molecule has 0 aromatic heterocycles. The summed E-state index contributed by atoms with van der Waals surface area (Å²) in [6.07, 6.45) is -4.13. The van der Waals surface area contributed by atoms with Crippen LogP contribution in [0.5, 0.6) is 5.75 Å². The normalized spacial score (nSPS) is 11.1. The Morgan fingerprint density at radius 3 is 2.32 bits per heavy atom. The van der Waals surface area contributed by atoms with Crippen molar-refractivity contribution in [2.75, 3.05) is 20.2 Å². The van der Waals surface area contributed by atoms with Crippen LogP contribution in [-0.2, 0) is 4.79 Å². The first kappa shape index (κ1) is 17.8. The number of carboxylic acid groups (broad SMARTS) is 1. The Bertz CT molecular complexity index is 514. The topological polar surface area (TPSA) is 66.8 Å². The summed E-state index contributed by atoms with van der Waals surface area (Å²) in [4.78, 5) is 23.8. The second-order valence-corrected chi connectivity index (χ2v) is 4.65. The van der Waals surface area contributed by atoms with E-state index in [-0.39, 0.29) is 30.2 Å². The highest BCUT2D eigenvalue weighted by Gasteiger charge is 2.28. The molecule has 0 fully saturated rings. The summed E-state index contributed by atoms with van der Waals surface area (Å²) in [6, 6.07) is 5.29. The molecule has 0 atom stereocenters. The lowest BCUT2D eigenvalue weighted by Crippen LogP contribution is -2.28. The summed E-state index contributed by atoms with van der Waals surface area (Å²) in [5.41, 5.74) is 0.289. The molecule has 122 valence electrons. The van der Waals surface area contributed by atoms with Gasteiger partial charge in [-0.2, -0.15) is 13.2 Å². The van der Waals surface area contributed by atoms with Gasteiger partial charge in [0.05, 0.1) is 0 Å². The smallest absolute Gasteiger partial charge is 0.422 e. The number of nitrogens with zero attached hydrogens (tertiary/aromatic N) is 1. The van der Waals surface area contributed by atoms with Crippen molar-refractivity contribution in [3.63, 3.8) is 0 Å². The number of rotatable bonds is 7. The molecule has 0 unspecified atom stereocenters. The molecule has 0 aliphatic heterocycles. The molecule has 1 amide bonds. The van der Waals surface area contributed by atoms with E-state index >= 15 is 0 Å². The van der Waals surface area contributed by atoms with E-state index in [4.69, 9.17) is 5.11 Å². The molecule has 1 rings (SSSR count). The van der Waals surface area contributed by atoms with E-state index in [1.165, 1.54) is 36.2 Å². The highest BCUT2D eigenvalue weighted by molar-refractivity contribution is 5.94. The van der Waals surface area contributed by atoms with Crippen molar-refractivity contribution in [1.82, 2.24) is 4.90 Å². The molecule has 0 spiro atoms. The molecule has 0 bridgehead atoms. The summed E-state index contributed by atoms with van der Waals surface area (Å²) < 4.78 is 40.5. The minimum absolute atomic E-state index is 0.0161. The minimum Gasteiger partial charge on any atom is -0.484 e. The van der Waals surface area contributed by atoms with E-state index in [1.807, 2.05) is 0 Å². The monoisotopic (exact) mass is 319 g/mol. The fourth-order valence-corrected chi connectivity index (χ4v) is 1.65. The number of alkyl halides is 3. The number of hydrogen-bond acceptors (Lipinski definition) is 3. The van der Waals surface area contributed by atoms with Crippen molar-refractivity contribution < 1.29 is 32.6 Å². The lowest BCUT2D eigenvalue weighted by atomic mass is 10.2. The first-order valence-electron chi connectivity index (χ1n) is 6.46. The third kappa shape index (κ3) is 6.47. The molecule has 0 aliphatic rings. The summed E-state index contributed by atoms with van der Waals surface area (Å²) in [7, 11) is 1.53. The first-order valence-corrected chi connectivity index (χ1v) is 6.46. The number of ether oxygens (including phenoxy) is 1. The van der Waals surface area contributed by atoms with Gasteiger partial charge >= 0.3 is 12.1 Å². The second kappa shape index (κ2) is 7.67. The van der Waals surface area contributed by atoms with Gasteiger partial charge in [-0.1, -0.05) is 0 Å². The zero-order valence-electron chi connectivity index (χ0n) is 11.9. The number of carboxylic acids is 1. The van der Waals surface area contributed by atoms with E-state index in [1.54, 1.807) is 0 Å². The van der Waals surface area contributed by atoms with Crippen molar-refractivity contribution >= 4 is 11.9 Å². The van der Waals surface area contributed by atoms with Crippen LogP contribution in [0, 0.1) is 0 Å². The van der Waals surface area contributed by atoms with Crippen LogP contribution in [0.15, 0.2) is 24.3 Å². The molecule has 0 aliphatic carbocycles. The molecule has 0 saturated heterocycles. The van der Waals surface area contributed by atoms with Crippen LogP contribution < -0.4 is 4.74 Å². The van der Waals surface area contributed by atoms with E-state index in [9.17, 15) is 22.8 Å². The van der Waals surface area contributed by atoms with E-state index in [0.717, 1.165) is 0 Å². The molecule has 1 N–H and O–H groups in total. The highest BCUT2D eigenvalue weighted by atomic mass is 19.4. The van der Waals surface area contributed by atoms with Crippen molar-refractivity contribution in [3.8, 4) is 5.75 Å². The molecular weight excluding hydrogens is 303 g/mol. The lowest BCUT2D eigenvalue weighted by molar-refractivity contribution is -0.153. The molecule has 0 saturated carbocycles. The largest absolute Gasteiger partial charge is 0.484 e. The lowest BCUT2D eigenvalue weighted by Gasteiger charge is -2.17. The Hall–Kier alpha value is -2.25. The SMILES string of the molecule is CN(CCCC(=O)O)C(=O)c1ccc(OCC(F)(F)F)cc1. The maximum absolute atomic E-state index is 12.0. The average molecular weight is 319 g/mol. The van der Waals surface area contributed by atoms with Crippen LogP contribution in [0.4, 0.5) is 13.2 Å². The predicted molar refractivity (Wildman–Crippen MR) is 71.8 cm³/mol. The van der Waals surface area contributed by atoms with Crippen LogP contribution in [0.2, 0.25) is 0 Å². The molecule has 22 heavy (non-hydrogen) atoms. The number of amides is 1. The quantitative estimate of drug-likeness (QED) is 0.839. The van der Waals surface area contributed by atoms with Crippen molar-refractivity contribution in [1.29, 1.82) is 0 Å². The third-order valence-electron chi connectivity index (χ3n) is 2.73. The van der Waals surface area contributed by atoms with Gasteiger partial charge in [-0.3, -0.25) is 9.59 Å². The standard InChI is InChI=1S/C14H16F3NO4/c1-18(8-2-3-12(19)20)13(21)10-4-6-11(7-5-10)22-9-14(15,16)17/h4-7H,2-3,8-9H2,1H3,(H,19,20). The zero-order chi connectivity index (χ0) is 16.8. The number of benzene rings is 1. The Balaban J connectivity index is 2.54. The van der Waals surface area contributed by atoms with Crippen LogP contribution in [-0.4, -0.2) is 48.3 Å². The van der Waals surface area contributed by atoms with Crippen molar-refractivity contribution in [3.05, 3.63) is 29.8 Å². The van der Waals surface area contributed by atoms with Gasteiger partial charge in [-0.15, -0.1) is 0 Å². The molecule has 0 heterocycles. The Kier molecular flexibility index (Phi) is 6.21. The molecular formula is C14H16F3NO4. The van der Waals surface area contributed by atoms with Crippen LogP contribution in [0.1, 0.15) is 23.2 Å². The van der Waals surface area contributed by atoms with Gasteiger partial charge in [0.1, 0.15) is 5.75 Å². The summed E-state index contributed by atoms with van der Waals surface area (Å²) in [5, 5.41) is 8.52. The number of carbonyl (C=O) groups is 2. The van der Waals surface area contributed by atoms with E-state index < -0.39 is 18.8 Å². The molecule has 1 aromatic carbocycles. The second-order valence-electron chi connectivity index (χ2n) is 4.65. The average Bonchev–Trinajstić information content (AvgIpc) is 2.43. The van der Waals surface area contributed by atoms with Gasteiger partial charge in [0.15, 0.2) is 6.61 Å². The van der Waals surface area contributed by atoms with Gasteiger partial charge in [0, 0.05) is 25.6 Å². The summed E-state index contributed by atoms with van der Waals surface area (Å²) >= 11 is 0. The maximum atomic E-state index is 12.0. The Labute approximate surface area is 125 Å². The van der Waals surface area contributed by atoms with Crippen molar-refractivity contribution in [2.24, 2.45) is 0 Å². The van der Waals surface area contributed by atoms with Gasteiger partial charge in [-0.25, -0.2) is 0 Å². The number of halogens is 3. The van der Waals surface area contributed by atoms with Gasteiger partial charge in [0.2, 0.25) is 0 Å². The summed E-state index contributed by atoms with van der Waals surface area (Å²) in [6.45, 7) is -1.12. The van der Waals surface area contributed by atoms with Crippen LogP contribution >= 0.6 is 0 Å². The van der Waals surface area contributed by atoms with E-state index in [2.05, 4.69) is 4.74 Å². The molecule has 8 heteroatoms. The predicted octanol–water partition coefficient (Wildman–Crippen LogP) is 2.56. The number of hydrogen-bond donors (Lipinski definition) is 1. The van der Waals surface area contributed by atoms with Crippen LogP contribution in [0.3, 0.4) is 0 Å².